The van der Waals surface area contributed by atoms with E-state index in [-0.39, 0.29) is 11.7 Å². The van der Waals surface area contributed by atoms with Crippen LogP contribution in [0.2, 0.25) is 0 Å². The van der Waals surface area contributed by atoms with Crippen molar-refractivity contribution in [1.29, 1.82) is 0 Å². The molecule has 0 atom stereocenters. The molecular formula is C17H16BrN5OS. The van der Waals surface area contributed by atoms with Crippen LogP contribution in [0.5, 0.6) is 0 Å². The Balaban J connectivity index is 1.67. The quantitative estimate of drug-likeness (QED) is 0.639. The molecule has 6 nitrogen and oxygen atoms in total. The number of halogens is 1. The normalized spacial score (nSPS) is 10.7. The maximum atomic E-state index is 12.2. The van der Waals surface area contributed by atoms with E-state index in [1.165, 1.54) is 11.8 Å². The Kier molecular flexibility index (Phi) is 5.50. The van der Waals surface area contributed by atoms with E-state index in [9.17, 15) is 4.79 Å². The van der Waals surface area contributed by atoms with Gasteiger partial charge in [0.15, 0.2) is 0 Å². The minimum Gasteiger partial charge on any atom is -0.325 e. The number of rotatable bonds is 5. The summed E-state index contributed by atoms with van der Waals surface area (Å²) in [6.07, 6.45) is 0. The molecule has 0 bridgehead atoms. The summed E-state index contributed by atoms with van der Waals surface area (Å²) < 4.78 is 2.63. The third-order valence-corrected chi connectivity index (χ3v) is 4.99. The Morgan fingerprint density at radius 2 is 2.00 bits per heavy atom. The number of aryl methyl sites for hydroxylation is 2. The van der Waals surface area contributed by atoms with Crippen molar-refractivity contribution in [2.45, 2.75) is 19.0 Å². The van der Waals surface area contributed by atoms with E-state index in [1.807, 2.05) is 56.3 Å². The third kappa shape index (κ3) is 4.26. The van der Waals surface area contributed by atoms with Crippen LogP contribution in [0.25, 0.3) is 5.69 Å². The van der Waals surface area contributed by atoms with Gasteiger partial charge in [0.2, 0.25) is 11.1 Å². The van der Waals surface area contributed by atoms with E-state index in [0.717, 1.165) is 27.0 Å². The van der Waals surface area contributed by atoms with E-state index in [0.29, 0.717) is 5.16 Å². The van der Waals surface area contributed by atoms with E-state index >= 15 is 0 Å². The molecular weight excluding hydrogens is 402 g/mol. The predicted molar refractivity (Wildman–Crippen MR) is 102 cm³/mol. The van der Waals surface area contributed by atoms with E-state index in [4.69, 9.17) is 0 Å². The van der Waals surface area contributed by atoms with Crippen molar-refractivity contribution in [1.82, 2.24) is 20.2 Å². The number of para-hydroxylation sites is 1. The molecule has 0 fully saturated rings. The number of hydrogen-bond donors (Lipinski definition) is 1. The summed E-state index contributed by atoms with van der Waals surface area (Å²) in [5.41, 5.74) is 3.76. The number of benzene rings is 2. The summed E-state index contributed by atoms with van der Waals surface area (Å²) in [4.78, 5) is 12.2. The zero-order valence-corrected chi connectivity index (χ0v) is 16.1. The van der Waals surface area contributed by atoms with Gasteiger partial charge in [-0.05, 0) is 59.7 Å². The van der Waals surface area contributed by atoms with Gasteiger partial charge in [0, 0.05) is 10.2 Å². The van der Waals surface area contributed by atoms with Crippen molar-refractivity contribution >= 4 is 39.3 Å². The van der Waals surface area contributed by atoms with Gasteiger partial charge in [0.05, 0.1) is 11.4 Å². The summed E-state index contributed by atoms with van der Waals surface area (Å²) in [5.74, 6) is 0.122. The fourth-order valence-electron chi connectivity index (χ4n) is 2.30. The molecule has 0 spiro atoms. The Morgan fingerprint density at radius 1 is 1.20 bits per heavy atom. The highest BCUT2D eigenvalue weighted by Gasteiger charge is 2.13. The molecule has 25 heavy (non-hydrogen) atoms. The third-order valence-electron chi connectivity index (χ3n) is 3.58. The lowest BCUT2D eigenvalue weighted by Gasteiger charge is -2.09. The number of carbonyl (C=O) groups is 1. The zero-order valence-electron chi connectivity index (χ0n) is 13.7. The summed E-state index contributed by atoms with van der Waals surface area (Å²) >= 11 is 4.71. The molecule has 0 aliphatic rings. The van der Waals surface area contributed by atoms with E-state index in [1.54, 1.807) is 4.68 Å². The van der Waals surface area contributed by atoms with Crippen molar-refractivity contribution in [2.75, 3.05) is 11.1 Å². The smallest absolute Gasteiger partial charge is 0.234 e. The van der Waals surface area contributed by atoms with Crippen LogP contribution in [-0.4, -0.2) is 31.9 Å². The van der Waals surface area contributed by atoms with Gasteiger partial charge in [0.1, 0.15) is 0 Å². The van der Waals surface area contributed by atoms with Crippen molar-refractivity contribution in [3.8, 4) is 5.69 Å². The number of tetrazole rings is 1. The largest absolute Gasteiger partial charge is 0.325 e. The molecule has 0 unspecified atom stereocenters. The van der Waals surface area contributed by atoms with Crippen LogP contribution < -0.4 is 5.32 Å². The lowest BCUT2D eigenvalue weighted by atomic mass is 10.2. The van der Waals surface area contributed by atoms with Crippen LogP contribution in [0.15, 0.2) is 52.1 Å². The minimum atomic E-state index is -0.102. The minimum absolute atomic E-state index is 0.102. The Bertz CT molecular complexity index is 912. The van der Waals surface area contributed by atoms with Crippen molar-refractivity contribution in [2.24, 2.45) is 0 Å². The van der Waals surface area contributed by atoms with Gasteiger partial charge in [0.25, 0.3) is 0 Å². The van der Waals surface area contributed by atoms with Gasteiger partial charge >= 0.3 is 0 Å². The van der Waals surface area contributed by atoms with Crippen LogP contribution in [-0.2, 0) is 4.79 Å². The fraction of sp³-hybridized carbons (Fsp3) is 0.176. The zero-order chi connectivity index (χ0) is 17.8. The highest BCUT2D eigenvalue weighted by Crippen LogP contribution is 2.22. The maximum absolute atomic E-state index is 12.2. The molecule has 128 valence electrons. The molecule has 1 N–H and O–H groups in total. The molecule has 1 aromatic heterocycles. The molecule has 1 heterocycles. The predicted octanol–water partition coefficient (Wildman–Crippen LogP) is 3.77. The monoisotopic (exact) mass is 417 g/mol. The highest BCUT2D eigenvalue weighted by atomic mass is 79.9. The molecule has 3 rings (SSSR count). The second-order valence-corrected chi connectivity index (χ2v) is 7.31. The number of aromatic nitrogens is 4. The first-order valence-electron chi connectivity index (χ1n) is 7.58. The first kappa shape index (κ1) is 17.6. The van der Waals surface area contributed by atoms with E-state index < -0.39 is 0 Å². The van der Waals surface area contributed by atoms with Crippen molar-refractivity contribution in [3.05, 3.63) is 58.1 Å². The Morgan fingerprint density at radius 3 is 2.76 bits per heavy atom. The van der Waals surface area contributed by atoms with Gasteiger partial charge in [-0.3, -0.25) is 4.79 Å². The number of amides is 1. The molecule has 8 heteroatoms. The molecule has 0 aliphatic heterocycles. The standard InChI is InChI=1S/C17H16BrN5OS/c1-11-5-3-4-6-15(11)23-17(20-21-22-23)25-10-16(24)19-14-8-7-13(18)9-12(14)2/h3-9H,10H2,1-2H3,(H,19,24). The molecule has 3 aromatic rings. The number of anilines is 1. The van der Waals surface area contributed by atoms with Gasteiger partial charge in [-0.1, -0.05) is 45.9 Å². The van der Waals surface area contributed by atoms with Crippen LogP contribution in [0, 0.1) is 13.8 Å². The molecule has 2 aromatic carbocycles. The second kappa shape index (κ2) is 7.79. The number of nitrogens with zero attached hydrogens (tertiary/aromatic N) is 4. The molecule has 1 amide bonds. The van der Waals surface area contributed by atoms with Crippen LogP contribution in [0.3, 0.4) is 0 Å². The average Bonchev–Trinajstić information content (AvgIpc) is 3.04. The molecule has 0 saturated carbocycles. The number of carbonyl (C=O) groups excluding carboxylic acids is 1. The van der Waals surface area contributed by atoms with Crippen LogP contribution in [0.4, 0.5) is 5.69 Å². The first-order valence-corrected chi connectivity index (χ1v) is 9.35. The Hall–Kier alpha value is -2.19. The molecule has 0 radical (unpaired) electrons. The molecule has 0 saturated heterocycles. The van der Waals surface area contributed by atoms with Crippen molar-refractivity contribution in [3.63, 3.8) is 0 Å². The topological polar surface area (TPSA) is 72.7 Å². The summed E-state index contributed by atoms with van der Waals surface area (Å²) in [7, 11) is 0. The Labute approximate surface area is 158 Å². The van der Waals surface area contributed by atoms with Gasteiger partial charge in [-0.15, -0.1) is 5.10 Å². The van der Waals surface area contributed by atoms with Gasteiger partial charge in [-0.2, -0.15) is 4.68 Å². The summed E-state index contributed by atoms with van der Waals surface area (Å²) in [5, 5.41) is 15.3. The summed E-state index contributed by atoms with van der Waals surface area (Å²) in [6.45, 7) is 3.95. The maximum Gasteiger partial charge on any atom is 0.234 e. The average molecular weight is 418 g/mol. The van der Waals surface area contributed by atoms with Crippen LogP contribution >= 0.6 is 27.7 Å². The van der Waals surface area contributed by atoms with Crippen LogP contribution in [0.1, 0.15) is 11.1 Å². The fourth-order valence-corrected chi connectivity index (χ4v) is 3.46. The second-order valence-electron chi connectivity index (χ2n) is 5.46. The number of hydrogen-bond acceptors (Lipinski definition) is 5. The highest BCUT2D eigenvalue weighted by molar-refractivity contribution is 9.10. The molecule has 0 aliphatic carbocycles. The summed E-state index contributed by atoms with van der Waals surface area (Å²) in [6, 6.07) is 13.6. The number of thioether (sulfide) groups is 1. The van der Waals surface area contributed by atoms with Gasteiger partial charge < -0.3 is 5.32 Å². The lowest BCUT2D eigenvalue weighted by molar-refractivity contribution is -0.113. The van der Waals surface area contributed by atoms with E-state index in [2.05, 4.69) is 36.8 Å². The first-order chi connectivity index (χ1) is 12.0. The lowest BCUT2D eigenvalue weighted by Crippen LogP contribution is -2.15. The number of nitrogens with one attached hydrogen (secondary N) is 1. The SMILES string of the molecule is Cc1cc(Br)ccc1NC(=O)CSc1nnnn1-c1ccccc1C. The van der Waals surface area contributed by atoms with Gasteiger partial charge in [-0.25, -0.2) is 0 Å². The van der Waals surface area contributed by atoms with Crippen molar-refractivity contribution < 1.29 is 4.79 Å².